The quantitative estimate of drug-likeness (QED) is 0.783. The van der Waals surface area contributed by atoms with Gasteiger partial charge in [-0.05, 0) is 12.1 Å². The number of pyridine rings is 1. The van der Waals surface area contributed by atoms with E-state index in [4.69, 9.17) is 5.73 Å². The van der Waals surface area contributed by atoms with Gasteiger partial charge in [-0.1, -0.05) is 20.8 Å². The Hall–Kier alpha value is -2.11. The summed E-state index contributed by atoms with van der Waals surface area (Å²) in [5, 5.41) is 2.70. The Morgan fingerprint density at radius 2 is 2.10 bits per heavy atom. The number of nitrogens with two attached hydrogens (primary N) is 1. The number of carbonyl (C=O) groups is 2. The van der Waals surface area contributed by atoms with Crippen LogP contribution in [0.2, 0.25) is 0 Å². The number of nitrogen functional groups attached to an aromatic ring is 1. The van der Waals surface area contributed by atoms with Gasteiger partial charge in [-0.15, -0.1) is 0 Å². The number of piperazine rings is 1. The Balaban J connectivity index is 2.30. The average Bonchev–Trinajstić information content (AvgIpc) is 2.36. The minimum atomic E-state index is -0.191. The van der Waals surface area contributed by atoms with Gasteiger partial charge in [0.25, 0.3) is 5.91 Å². The topological polar surface area (TPSA) is 88.3 Å². The summed E-state index contributed by atoms with van der Waals surface area (Å²) in [6.07, 6.45) is 0. The van der Waals surface area contributed by atoms with Crippen LogP contribution < -0.4 is 11.1 Å². The molecule has 3 N–H and O–H groups in total. The minimum Gasteiger partial charge on any atom is -0.384 e. The normalized spacial score (nSPS) is 15.9. The van der Waals surface area contributed by atoms with Crippen LogP contribution in [0.25, 0.3) is 0 Å². The second kappa shape index (κ2) is 5.11. The van der Waals surface area contributed by atoms with E-state index in [0.717, 1.165) is 5.69 Å². The lowest BCUT2D eigenvalue weighted by Gasteiger charge is -2.27. The lowest BCUT2D eigenvalue weighted by atomic mass is 9.90. The third kappa shape index (κ3) is 3.07. The second-order valence-corrected chi connectivity index (χ2v) is 5.99. The van der Waals surface area contributed by atoms with Crippen molar-refractivity contribution in [3.05, 3.63) is 23.4 Å². The minimum absolute atomic E-state index is 0.0892. The summed E-state index contributed by atoms with van der Waals surface area (Å²) in [5.41, 5.74) is 6.85. The third-order valence-corrected chi connectivity index (χ3v) is 3.19. The van der Waals surface area contributed by atoms with E-state index in [-0.39, 0.29) is 23.8 Å². The van der Waals surface area contributed by atoms with E-state index in [1.54, 1.807) is 12.1 Å². The zero-order chi connectivity index (χ0) is 14.9. The number of nitrogens with zero attached hydrogens (tertiary/aromatic N) is 2. The molecule has 0 unspecified atom stereocenters. The van der Waals surface area contributed by atoms with Crippen LogP contribution in [0, 0.1) is 0 Å². The molecule has 20 heavy (non-hydrogen) atoms. The third-order valence-electron chi connectivity index (χ3n) is 3.19. The Labute approximate surface area is 118 Å². The van der Waals surface area contributed by atoms with Gasteiger partial charge in [0.05, 0.1) is 6.54 Å². The van der Waals surface area contributed by atoms with E-state index in [1.165, 1.54) is 4.90 Å². The van der Waals surface area contributed by atoms with Gasteiger partial charge in [-0.3, -0.25) is 9.59 Å². The highest BCUT2D eigenvalue weighted by Crippen LogP contribution is 2.23. The first-order chi connectivity index (χ1) is 9.27. The standard InChI is InChI=1S/C14H20N4O2/c1-14(2,3)10-6-9(7-11(15)17-10)13(20)18-5-4-16-12(19)8-18/h6-7H,4-5,8H2,1-3H3,(H2,15,17)(H,16,19). The van der Waals surface area contributed by atoms with Crippen LogP contribution in [0.4, 0.5) is 5.82 Å². The van der Waals surface area contributed by atoms with Gasteiger partial charge in [0, 0.05) is 29.8 Å². The molecule has 1 aliphatic heterocycles. The van der Waals surface area contributed by atoms with E-state index in [9.17, 15) is 9.59 Å². The van der Waals surface area contributed by atoms with Gasteiger partial charge in [-0.2, -0.15) is 0 Å². The van der Waals surface area contributed by atoms with Gasteiger partial charge in [0.2, 0.25) is 5.91 Å². The predicted molar refractivity (Wildman–Crippen MR) is 76.3 cm³/mol. The SMILES string of the molecule is CC(C)(C)c1cc(C(=O)N2CCNC(=O)C2)cc(N)n1. The Morgan fingerprint density at radius 3 is 2.70 bits per heavy atom. The van der Waals surface area contributed by atoms with Crippen molar-refractivity contribution in [2.75, 3.05) is 25.4 Å². The molecule has 1 saturated heterocycles. The Morgan fingerprint density at radius 1 is 1.40 bits per heavy atom. The molecule has 108 valence electrons. The van der Waals surface area contributed by atoms with Crippen molar-refractivity contribution in [2.24, 2.45) is 0 Å². The van der Waals surface area contributed by atoms with Crippen molar-refractivity contribution in [1.29, 1.82) is 0 Å². The number of rotatable bonds is 1. The molecule has 0 saturated carbocycles. The van der Waals surface area contributed by atoms with Crippen molar-refractivity contribution in [1.82, 2.24) is 15.2 Å². The molecular formula is C14H20N4O2. The van der Waals surface area contributed by atoms with E-state index in [0.29, 0.717) is 24.5 Å². The highest BCUT2D eigenvalue weighted by molar-refractivity contribution is 5.97. The molecule has 1 aromatic rings. The van der Waals surface area contributed by atoms with Crippen LogP contribution in [0.5, 0.6) is 0 Å². The zero-order valence-electron chi connectivity index (χ0n) is 12.1. The molecule has 0 spiro atoms. The molecule has 1 aliphatic rings. The summed E-state index contributed by atoms with van der Waals surface area (Å²) in [7, 11) is 0. The van der Waals surface area contributed by atoms with Crippen molar-refractivity contribution in [3.63, 3.8) is 0 Å². The lowest BCUT2D eigenvalue weighted by Crippen LogP contribution is -2.50. The zero-order valence-corrected chi connectivity index (χ0v) is 12.1. The summed E-state index contributed by atoms with van der Waals surface area (Å²) in [6, 6.07) is 3.31. The highest BCUT2D eigenvalue weighted by Gasteiger charge is 2.24. The molecule has 0 aliphatic carbocycles. The molecule has 0 bridgehead atoms. The lowest BCUT2D eigenvalue weighted by molar-refractivity contribution is -0.123. The number of aromatic nitrogens is 1. The summed E-state index contributed by atoms with van der Waals surface area (Å²) in [6.45, 7) is 7.12. The maximum absolute atomic E-state index is 12.4. The van der Waals surface area contributed by atoms with E-state index in [2.05, 4.69) is 10.3 Å². The molecule has 2 rings (SSSR count). The first kappa shape index (κ1) is 14.3. The molecule has 6 heteroatoms. The smallest absolute Gasteiger partial charge is 0.254 e. The largest absolute Gasteiger partial charge is 0.384 e. The molecular weight excluding hydrogens is 256 g/mol. The monoisotopic (exact) mass is 276 g/mol. The van der Waals surface area contributed by atoms with E-state index < -0.39 is 0 Å². The second-order valence-electron chi connectivity index (χ2n) is 5.99. The van der Waals surface area contributed by atoms with Crippen molar-refractivity contribution < 1.29 is 9.59 Å². The molecule has 6 nitrogen and oxygen atoms in total. The predicted octanol–water partition coefficient (Wildman–Crippen LogP) is 0.533. The molecule has 0 atom stereocenters. The number of hydrogen-bond donors (Lipinski definition) is 2. The van der Waals surface area contributed by atoms with Crippen LogP contribution in [0.1, 0.15) is 36.8 Å². The summed E-state index contributed by atoms with van der Waals surface area (Å²) < 4.78 is 0. The van der Waals surface area contributed by atoms with E-state index >= 15 is 0 Å². The maximum atomic E-state index is 12.4. The Bertz CT molecular complexity index is 549. The van der Waals surface area contributed by atoms with Gasteiger partial charge in [0.1, 0.15) is 5.82 Å². The molecule has 1 aromatic heterocycles. The average molecular weight is 276 g/mol. The fourth-order valence-corrected chi connectivity index (χ4v) is 2.05. The van der Waals surface area contributed by atoms with E-state index in [1.807, 2.05) is 20.8 Å². The Kier molecular flexibility index (Phi) is 3.65. The van der Waals surface area contributed by atoms with Crippen LogP contribution in [0.3, 0.4) is 0 Å². The van der Waals surface area contributed by atoms with Crippen LogP contribution in [-0.2, 0) is 10.2 Å². The van der Waals surface area contributed by atoms with Gasteiger partial charge >= 0.3 is 0 Å². The highest BCUT2D eigenvalue weighted by atomic mass is 16.2. The number of anilines is 1. The summed E-state index contributed by atoms with van der Waals surface area (Å²) >= 11 is 0. The first-order valence-electron chi connectivity index (χ1n) is 6.61. The molecule has 0 radical (unpaired) electrons. The molecule has 0 aromatic carbocycles. The number of amides is 2. The van der Waals surface area contributed by atoms with Crippen LogP contribution in [-0.4, -0.2) is 41.3 Å². The molecule has 1 fully saturated rings. The summed E-state index contributed by atoms with van der Waals surface area (Å²) in [4.78, 5) is 29.6. The van der Waals surface area contributed by atoms with Gasteiger partial charge in [-0.25, -0.2) is 4.98 Å². The van der Waals surface area contributed by atoms with Gasteiger partial charge < -0.3 is 16.0 Å². The van der Waals surface area contributed by atoms with Crippen LogP contribution >= 0.6 is 0 Å². The molecule has 2 heterocycles. The number of hydrogen-bond acceptors (Lipinski definition) is 4. The van der Waals surface area contributed by atoms with Gasteiger partial charge in [0.15, 0.2) is 0 Å². The number of nitrogens with one attached hydrogen (secondary N) is 1. The van der Waals surface area contributed by atoms with Crippen molar-refractivity contribution in [3.8, 4) is 0 Å². The maximum Gasteiger partial charge on any atom is 0.254 e. The van der Waals surface area contributed by atoms with Crippen molar-refractivity contribution in [2.45, 2.75) is 26.2 Å². The first-order valence-corrected chi connectivity index (χ1v) is 6.61. The summed E-state index contributed by atoms with van der Waals surface area (Å²) in [5.74, 6) is 0.00404. The fraction of sp³-hybridized carbons (Fsp3) is 0.500. The fourth-order valence-electron chi connectivity index (χ4n) is 2.05. The number of carbonyl (C=O) groups excluding carboxylic acids is 2. The van der Waals surface area contributed by atoms with Crippen LogP contribution in [0.15, 0.2) is 12.1 Å². The molecule has 2 amide bonds. The van der Waals surface area contributed by atoms with Crippen molar-refractivity contribution >= 4 is 17.6 Å².